The van der Waals surface area contributed by atoms with Crippen LogP contribution in [0.3, 0.4) is 0 Å². The quantitative estimate of drug-likeness (QED) is 0.810. The third kappa shape index (κ3) is 3.43. The van der Waals surface area contributed by atoms with E-state index in [4.69, 9.17) is 4.74 Å². The van der Waals surface area contributed by atoms with E-state index in [9.17, 15) is 9.50 Å². The minimum atomic E-state index is -1.36. The van der Waals surface area contributed by atoms with Crippen LogP contribution in [0.25, 0.3) is 0 Å². The van der Waals surface area contributed by atoms with Crippen LogP contribution >= 0.6 is 0 Å². The molecule has 0 radical (unpaired) electrons. The Morgan fingerprint density at radius 3 is 2.32 bits per heavy atom. The van der Waals surface area contributed by atoms with Crippen molar-refractivity contribution in [3.8, 4) is 0 Å². The van der Waals surface area contributed by atoms with Crippen LogP contribution in [0.2, 0.25) is 0 Å². The molecule has 0 aliphatic carbocycles. The highest BCUT2D eigenvalue weighted by Crippen LogP contribution is 2.34. The molecular weight excluding hydrogens is 279 g/mol. The smallest absolute Gasteiger partial charge is 0.136 e. The second kappa shape index (κ2) is 6.86. The zero-order valence-corrected chi connectivity index (χ0v) is 12.9. The van der Waals surface area contributed by atoms with Gasteiger partial charge in [0.1, 0.15) is 11.4 Å². The zero-order chi connectivity index (χ0) is 16.2. The Kier molecular flexibility index (Phi) is 5.11. The summed E-state index contributed by atoms with van der Waals surface area (Å²) < 4.78 is 18.9. The molecule has 3 heteroatoms. The van der Waals surface area contributed by atoms with Gasteiger partial charge in [-0.2, -0.15) is 0 Å². The lowest BCUT2D eigenvalue weighted by Gasteiger charge is -2.35. The first-order valence-electron chi connectivity index (χ1n) is 7.24. The lowest BCUT2D eigenvalue weighted by Crippen LogP contribution is -2.40. The minimum absolute atomic E-state index is 0.342. The predicted octanol–water partition coefficient (Wildman–Crippen LogP) is 4.19. The molecule has 0 aliphatic rings. The van der Waals surface area contributed by atoms with Gasteiger partial charge < -0.3 is 9.84 Å². The first-order chi connectivity index (χ1) is 10.4. The number of hydrogen-bond acceptors (Lipinski definition) is 2. The Labute approximate surface area is 130 Å². The lowest BCUT2D eigenvalue weighted by atomic mass is 9.83. The van der Waals surface area contributed by atoms with E-state index < -0.39 is 11.7 Å². The van der Waals surface area contributed by atoms with Crippen molar-refractivity contribution >= 4 is 0 Å². The first kappa shape index (κ1) is 16.4. The lowest BCUT2D eigenvalue weighted by molar-refractivity contribution is -0.0892. The largest absolute Gasteiger partial charge is 0.378 e. The average Bonchev–Trinajstić information content (AvgIpc) is 2.53. The summed E-state index contributed by atoms with van der Waals surface area (Å²) in [6.45, 7) is 7.80. The Bertz CT molecular complexity index is 622. The van der Waals surface area contributed by atoms with Crippen molar-refractivity contribution in [2.24, 2.45) is 0 Å². The summed E-state index contributed by atoms with van der Waals surface area (Å²) in [6, 6.07) is 15.5. The van der Waals surface area contributed by atoms with Crippen molar-refractivity contribution in [1.82, 2.24) is 0 Å². The molecule has 2 atom stereocenters. The van der Waals surface area contributed by atoms with Crippen molar-refractivity contribution < 1.29 is 14.2 Å². The van der Waals surface area contributed by atoms with Crippen LogP contribution in [0.4, 0.5) is 4.39 Å². The van der Waals surface area contributed by atoms with Gasteiger partial charge in [0, 0.05) is 0 Å². The van der Waals surface area contributed by atoms with Crippen LogP contribution in [0.1, 0.15) is 25.0 Å². The van der Waals surface area contributed by atoms with Gasteiger partial charge in [0.05, 0.1) is 12.7 Å². The zero-order valence-electron chi connectivity index (χ0n) is 12.9. The molecule has 0 bridgehead atoms. The molecule has 2 rings (SSSR count). The summed E-state index contributed by atoms with van der Waals surface area (Å²) >= 11 is 0. The summed E-state index contributed by atoms with van der Waals surface area (Å²) in [5.74, 6) is -0.342. The second-order valence-electron chi connectivity index (χ2n) is 5.49. The molecular formula is C19H21FO2. The number of aliphatic hydroxyl groups is 1. The van der Waals surface area contributed by atoms with Crippen LogP contribution in [-0.2, 0) is 16.9 Å². The van der Waals surface area contributed by atoms with E-state index >= 15 is 0 Å². The van der Waals surface area contributed by atoms with Gasteiger partial charge in [-0.05, 0) is 42.7 Å². The molecule has 2 aromatic carbocycles. The van der Waals surface area contributed by atoms with E-state index in [1.807, 2.05) is 30.3 Å². The normalized spacial score (nSPS) is 15.1. The van der Waals surface area contributed by atoms with Crippen LogP contribution in [0.15, 0.2) is 66.7 Å². The fourth-order valence-corrected chi connectivity index (χ4v) is 2.45. The van der Waals surface area contributed by atoms with Gasteiger partial charge in [-0.15, -0.1) is 0 Å². The number of ether oxygens (including phenoxy) is 1. The van der Waals surface area contributed by atoms with Gasteiger partial charge >= 0.3 is 0 Å². The highest BCUT2D eigenvalue weighted by molar-refractivity contribution is 5.32. The molecule has 22 heavy (non-hydrogen) atoms. The van der Waals surface area contributed by atoms with E-state index in [0.29, 0.717) is 17.7 Å². The molecule has 2 aromatic rings. The van der Waals surface area contributed by atoms with E-state index in [1.54, 1.807) is 26.0 Å². The van der Waals surface area contributed by atoms with Crippen molar-refractivity contribution in [3.05, 3.63) is 83.7 Å². The molecule has 0 heterocycles. The fraction of sp³-hybridized carbons (Fsp3) is 0.263. The van der Waals surface area contributed by atoms with Crippen LogP contribution in [0.5, 0.6) is 0 Å². The minimum Gasteiger partial charge on any atom is -0.378 e. The maximum atomic E-state index is 13.1. The summed E-state index contributed by atoms with van der Waals surface area (Å²) in [5, 5.41) is 11.1. The number of hydrogen-bond donors (Lipinski definition) is 1. The summed E-state index contributed by atoms with van der Waals surface area (Å²) in [5.41, 5.74) is 0.793. The van der Waals surface area contributed by atoms with Crippen LogP contribution in [0, 0.1) is 5.82 Å². The average molecular weight is 300 g/mol. The van der Waals surface area contributed by atoms with Crippen molar-refractivity contribution in [2.75, 3.05) is 0 Å². The van der Waals surface area contributed by atoms with Gasteiger partial charge in [-0.1, -0.05) is 49.0 Å². The molecule has 0 saturated carbocycles. The summed E-state index contributed by atoms with van der Waals surface area (Å²) in [7, 11) is 0. The van der Waals surface area contributed by atoms with Gasteiger partial charge in [-0.3, -0.25) is 0 Å². The summed E-state index contributed by atoms with van der Waals surface area (Å²) in [4.78, 5) is 0. The van der Waals surface area contributed by atoms with Gasteiger partial charge in [-0.25, -0.2) is 4.39 Å². The summed E-state index contributed by atoms with van der Waals surface area (Å²) in [6.07, 6.45) is -0.518. The molecule has 2 nitrogen and oxygen atoms in total. The third-order valence-corrected chi connectivity index (χ3v) is 3.87. The highest BCUT2D eigenvalue weighted by Gasteiger charge is 2.37. The number of benzene rings is 2. The molecule has 0 aromatic heterocycles. The fourth-order valence-electron chi connectivity index (χ4n) is 2.45. The third-order valence-electron chi connectivity index (χ3n) is 3.87. The standard InChI is InChI=1S/C19H21FO2/c1-14(2)19(21,17-9-11-18(20)12-10-17)15(3)22-13-16-7-5-4-6-8-16/h4-12,15,21H,1,13H2,2-3H3/t15-,19?/m0/s1. The molecule has 116 valence electrons. The van der Waals surface area contributed by atoms with E-state index in [1.165, 1.54) is 12.1 Å². The van der Waals surface area contributed by atoms with E-state index in [-0.39, 0.29) is 5.82 Å². The van der Waals surface area contributed by atoms with Gasteiger partial charge in [0.15, 0.2) is 0 Å². The molecule has 1 N–H and O–H groups in total. The Balaban J connectivity index is 2.19. The molecule has 1 unspecified atom stereocenters. The second-order valence-corrected chi connectivity index (χ2v) is 5.49. The maximum absolute atomic E-state index is 13.1. The molecule has 0 fully saturated rings. The molecule has 0 amide bonds. The Hall–Kier alpha value is -1.97. The Morgan fingerprint density at radius 1 is 1.18 bits per heavy atom. The van der Waals surface area contributed by atoms with Crippen LogP contribution < -0.4 is 0 Å². The van der Waals surface area contributed by atoms with E-state index in [0.717, 1.165) is 5.56 Å². The SMILES string of the molecule is C=C(C)C(O)(c1ccc(F)cc1)[C@H](C)OCc1ccccc1. The maximum Gasteiger partial charge on any atom is 0.136 e. The molecule has 0 saturated heterocycles. The predicted molar refractivity (Wildman–Crippen MR) is 85.8 cm³/mol. The highest BCUT2D eigenvalue weighted by atomic mass is 19.1. The van der Waals surface area contributed by atoms with Crippen molar-refractivity contribution in [3.63, 3.8) is 0 Å². The first-order valence-corrected chi connectivity index (χ1v) is 7.24. The van der Waals surface area contributed by atoms with Crippen molar-refractivity contribution in [1.29, 1.82) is 0 Å². The molecule has 0 spiro atoms. The monoisotopic (exact) mass is 300 g/mol. The Morgan fingerprint density at radius 2 is 1.77 bits per heavy atom. The molecule has 0 aliphatic heterocycles. The van der Waals surface area contributed by atoms with E-state index in [2.05, 4.69) is 6.58 Å². The van der Waals surface area contributed by atoms with Crippen molar-refractivity contribution in [2.45, 2.75) is 32.2 Å². The van der Waals surface area contributed by atoms with Gasteiger partial charge in [0.2, 0.25) is 0 Å². The van der Waals surface area contributed by atoms with Gasteiger partial charge in [0.25, 0.3) is 0 Å². The number of rotatable bonds is 6. The number of halogens is 1. The van der Waals surface area contributed by atoms with Crippen LogP contribution in [-0.4, -0.2) is 11.2 Å². The topological polar surface area (TPSA) is 29.5 Å².